The highest BCUT2D eigenvalue weighted by Crippen LogP contribution is 2.20. The molecule has 0 aliphatic carbocycles. The minimum absolute atomic E-state index is 0.0955. The molecule has 0 spiro atoms. The summed E-state index contributed by atoms with van der Waals surface area (Å²) < 4.78 is 0. The largest absolute Gasteiger partial charge is 0.506 e. The molecule has 60 valence electrons. The van der Waals surface area contributed by atoms with Crippen molar-refractivity contribution in [3.05, 3.63) is 23.0 Å². The van der Waals surface area contributed by atoms with E-state index in [1.807, 2.05) is 6.92 Å². The first kappa shape index (κ1) is 8.01. The summed E-state index contributed by atoms with van der Waals surface area (Å²) in [5.41, 5.74) is 1.91. The van der Waals surface area contributed by atoms with Crippen molar-refractivity contribution in [2.45, 2.75) is 20.5 Å². The average Bonchev–Trinajstić information content (AvgIpc) is 1.96. The van der Waals surface area contributed by atoms with Gasteiger partial charge in [-0.15, -0.1) is 0 Å². The number of nitrogens with zero attached hydrogens (tertiary/aromatic N) is 1. The van der Waals surface area contributed by atoms with Crippen molar-refractivity contribution in [1.29, 1.82) is 0 Å². The first-order valence-electron chi connectivity index (χ1n) is 3.42. The first-order chi connectivity index (χ1) is 5.15. The molecule has 0 saturated carbocycles. The lowest BCUT2D eigenvalue weighted by atomic mass is 10.2. The van der Waals surface area contributed by atoms with Gasteiger partial charge in [0.05, 0.1) is 12.3 Å². The molecule has 0 aliphatic heterocycles. The number of aromatic hydroxyl groups is 1. The van der Waals surface area contributed by atoms with Gasteiger partial charge >= 0.3 is 0 Å². The molecule has 0 aromatic carbocycles. The molecular formula is C8H11NO2. The second-order valence-electron chi connectivity index (χ2n) is 2.51. The van der Waals surface area contributed by atoms with Gasteiger partial charge in [-0.1, -0.05) is 0 Å². The predicted octanol–water partition coefficient (Wildman–Crippen LogP) is 0.896. The number of pyridine rings is 1. The van der Waals surface area contributed by atoms with Gasteiger partial charge in [-0.25, -0.2) is 0 Å². The maximum atomic E-state index is 9.30. The van der Waals surface area contributed by atoms with Crippen molar-refractivity contribution in [1.82, 2.24) is 4.98 Å². The van der Waals surface area contributed by atoms with Crippen molar-refractivity contribution in [3.63, 3.8) is 0 Å². The molecule has 0 saturated heterocycles. The van der Waals surface area contributed by atoms with Gasteiger partial charge in [0.2, 0.25) is 0 Å². The zero-order chi connectivity index (χ0) is 8.43. The van der Waals surface area contributed by atoms with E-state index in [4.69, 9.17) is 5.11 Å². The van der Waals surface area contributed by atoms with E-state index in [9.17, 15) is 5.11 Å². The van der Waals surface area contributed by atoms with E-state index >= 15 is 0 Å². The van der Waals surface area contributed by atoms with Gasteiger partial charge in [0.25, 0.3) is 0 Å². The molecule has 1 heterocycles. The summed E-state index contributed by atoms with van der Waals surface area (Å²) in [5, 5.41) is 18.1. The molecule has 0 aliphatic rings. The second-order valence-corrected chi connectivity index (χ2v) is 2.51. The molecule has 0 fully saturated rings. The summed E-state index contributed by atoms with van der Waals surface area (Å²) in [5.74, 6) is 0.0955. The fourth-order valence-corrected chi connectivity index (χ4v) is 1.02. The third kappa shape index (κ3) is 1.49. The average molecular weight is 153 g/mol. The van der Waals surface area contributed by atoms with E-state index in [1.54, 1.807) is 13.0 Å². The molecule has 2 N–H and O–H groups in total. The van der Waals surface area contributed by atoms with Crippen LogP contribution in [0.2, 0.25) is 0 Å². The molecule has 11 heavy (non-hydrogen) atoms. The van der Waals surface area contributed by atoms with Gasteiger partial charge in [-0.3, -0.25) is 4.98 Å². The SMILES string of the molecule is Cc1cc(CO)c(O)c(C)n1. The molecule has 0 bridgehead atoms. The molecule has 1 rings (SSSR count). The third-order valence-corrected chi connectivity index (χ3v) is 1.54. The van der Waals surface area contributed by atoms with Crippen LogP contribution in [0.15, 0.2) is 6.07 Å². The third-order valence-electron chi connectivity index (χ3n) is 1.54. The Labute approximate surface area is 65.3 Å². The lowest BCUT2D eigenvalue weighted by Gasteiger charge is -2.04. The number of hydrogen-bond donors (Lipinski definition) is 2. The van der Waals surface area contributed by atoms with Crippen LogP contribution in [-0.2, 0) is 6.61 Å². The Bertz CT molecular complexity index is 271. The fourth-order valence-electron chi connectivity index (χ4n) is 1.02. The number of rotatable bonds is 1. The van der Waals surface area contributed by atoms with E-state index in [0.717, 1.165) is 5.69 Å². The van der Waals surface area contributed by atoms with Gasteiger partial charge in [-0.2, -0.15) is 0 Å². The second kappa shape index (κ2) is 2.88. The van der Waals surface area contributed by atoms with Crippen LogP contribution in [0.1, 0.15) is 17.0 Å². The van der Waals surface area contributed by atoms with E-state index in [2.05, 4.69) is 4.98 Å². The van der Waals surface area contributed by atoms with Gasteiger partial charge in [-0.05, 0) is 19.9 Å². The highest BCUT2D eigenvalue weighted by atomic mass is 16.3. The van der Waals surface area contributed by atoms with E-state index in [-0.39, 0.29) is 12.4 Å². The number of aromatic nitrogens is 1. The minimum Gasteiger partial charge on any atom is -0.506 e. The lowest BCUT2D eigenvalue weighted by molar-refractivity contribution is 0.274. The van der Waals surface area contributed by atoms with Crippen molar-refractivity contribution in [2.75, 3.05) is 0 Å². The zero-order valence-electron chi connectivity index (χ0n) is 6.63. The lowest BCUT2D eigenvalue weighted by Crippen LogP contribution is -1.92. The maximum absolute atomic E-state index is 9.30. The quantitative estimate of drug-likeness (QED) is 0.630. The minimum atomic E-state index is -0.143. The molecule has 0 atom stereocenters. The molecule has 1 aromatic heterocycles. The van der Waals surface area contributed by atoms with Crippen LogP contribution in [0.4, 0.5) is 0 Å². The molecule has 0 amide bonds. The van der Waals surface area contributed by atoms with E-state index in [0.29, 0.717) is 11.3 Å². The molecule has 3 nitrogen and oxygen atoms in total. The molecule has 0 unspecified atom stereocenters. The fraction of sp³-hybridized carbons (Fsp3) is 0.375. The van der Waals surface area contributed by atoms with Gasteiger partial charge < -0.3 is 10.2 Å². The Kier molecular flexibility index (Phi) is 2.10. The standard InChI is InChI=1S/C8H11NO2/c1-5-3-7(4-10)8(11)6(2)9-5/h3,10-11H,4H2,1-2H3. The summed E-state index contributed by atoms with van der Waals surface area (Å²) in [6.45, 7) is 3.39. The predicted molar refractivity (Wildman–Crippen MR) is 41.3 cm³/mol. The van der Waals surface area contributed by atoms with E-state index < -0.39 is 0 Å². The number of aliphatic hydroxyl groups is 1. The number of aryl methyl sites for hydroxylation is 2. The topological polar surface area (TPSA) is 53.4 Å². The van der Waals surface area contributed by atoms with Gasteiger partial charge in [0.15, 0.2) is 0 Å². The van der Waals surface area contributed by atoms with Crippen LogP contribution in [0, 0.1) is 13.8 Å². The highest BCUT2D eigenvalue weighted by Gasteiger charge is 2.04. The summed E-state index contributed by atoms with van der Waals surface area (Å²) in [6, 6.07) is 1.67. The molecule has 3 heteroatoms. The summed E-state index contributed by atoms with van der Waals surface area (Å²) in [7, 11) is 0. The number of aliphatic hydroxyl groups excluding tert-OH is 1. The monoisotopic (exact) mass is 153 g/mol. The Balaban J connectivity index is 3.24. The van der Waals surface area contributed by atoms with Crippen molar-refractivity contribution < 1.29 is 10.2 Å². The maximum Gasteiger partial charge on any atom is 0.142 e. The highest BCUT2D eigenvalue weighted by molar-refractivity contribution is 5.36. The normalized spacial score (nSPS) is 10.1. The smallest absolute Gasteiger partial charge is 0.142 e. The summed E-state index contributed by atoms with van der Waals surface area (Å²) in [6.07, 6.45) is 0. The Hall–Kier alpha value is -1.09. The van der Waals surface area contributed by atoms with Crippen LogP contribution in [0.5, 0.6) is 5.75 Å². The zero-order valence-corrected chi connectivity index (χ0v) is 6.63. The van der Waals surface area contributed by atoms with Crippen LogP contribution in [-0.4, -0.2) is 15.2 Å². The van der Waals surface area contributed by atoms with Crippen LogP contribution >= 0.6 is 0 Å². The Morgan fingerprint density at radius 1 is 1.45 bits per heavy atom. The van der Waals surface area contributed by atoms with Crippen LogP contribution in [0.25, 0.3) is 0 Å². The number of hydrogen-bond acceptors (Lipinski definition) is 3. The Morgan fingerprint density at radius 2 is 2.09 bits per heavy atom. The van der Waals surface area contributed by atoms with Gasteiger partial charge in [0, 0.05) is 11.3 Å². The van der Waals surface area contributed by atoms with E-state index in [1.165, 1.54) is 0 Å². The molecule has 1 aromatic rings. The molecular weight excluding hydrogens is 142 g/mol. The molecule has 0 radical (unpaired) electrons. The van der Waals surface area contributed by atoms with Crippen molar-refractivity contribution >= 4 is 0 Å². The Morgan fingerprint density at radius 3 is 2.64 bits per heavy atom. The van der Waals surface area contributed by atoms with Crippen LogP contribution < -0.4 is 0 Å². The summed E-state index contributed by atoms with van der Waals surface area (Å²) in [4.78, 5) is 4.02. The first-order valence-corrected chi connectivity index (χ1v) is 3.42. The van der Waals surface area contributed by atoms with Crippen molar-refractivity contribution in [3.8, 4) is 5.75 Å². The van der Waals surface area contributed by atoms with Crippen LogP contribution in [0.3, 0.4) is 0 Å². The summed E-state index contributed by atoms with van der Waals surface area (Å²) >= 11 is 0. The van der Waals surface area contributed by atoms with Gasteiger partial charge in [0.1, 0.15) is 5.75 Å². The van der Waals surface area contributed by atoms with Crippen molar-refractivity contribution in [2.24, 2.45) is 0 Å².